The van der Waals surface area contributed by atoms with E-state index in [1.54, 1.807) is 0 Å². The maximum absolute atomic E-state index is 11.9. The van der Waals surface area contributed by atoms with Crippen LogP contribution in [0.3, 0.4) is 0 Å². The summed E-state index contributed by atoms with van der Waals surface area (Å²) in [6.07, 6.45) is 1.54. The average molecular weight is 247 g/mol. The van der Waals surface area contributed by atoms with Gasteiger partial charge in [0, 0.05) is 13.0 Å². The van der Waals surface area contributed by atoms with Crippen molar-refractivity contribution in [3.8, 4) is 0 Å². The van der Waals surface area contributed by atoms with Crippen LogP contribution in [-0.2, 0) is 16.0 Å². The van der Waals surface area contributed by atoms with E-state index in [0.717, 1.165) is 12.1 Å². The third-order valence-corrected chi connectivity index (χ3v) is 2.44. The first-order valence-corrected chi connectivity index (χ1v) is 5.86. The fraction of sp³-hybridized carbons (Fsp3) is 0.286. The summed E-state index contributed by atoms with van der Waals surface area (Å²) in [5.74, 6) is -1.54. The predicted octanol–water partition coefficient (Wildman–Crippen LogP) is 1.42. The van der Waals surface area contributed by atoms with E-state index in [0.29, 0.717) is 6.54 Å². The molecular weight excluding hydrogens is 230 g/mol. The standard InChI is InChI=1S/C14H17NO3/c1-2-15-9-8-12(14(17)18)13(16)10-11-6-4-3-5-7-11/h3-8,15H,2,9-10H2,1H3,(H,17,18). The van der Waals surface area contributed by atoms with Crippen molar-refractivity contribution in [2.24, 2.45) is 0 Å². The van der Waals surface area contributed by atoms with Crippen LogP contribution in [0.4, 0.5) is 0 Å². The van der Waals surface area contributed by atoms with Crippen LogP contribution >= 0.6 is 0 Å². The topological polar surface area (TPSA) is 66.4 Å². The number of carboxylic acids is 1. The zero-order chi connectivity index (χ0) is 13.4. The molecule has 0 fully saturated rings. The maximum Gasteiger partial charge on any atom is 0.339 e. The molecule has 2 N–H and O–H groups in total. The Kier molecular flexibility index (Phi) is 5.80. The molecule has 18 heavy (non-hydrogen) atoms. The Hall–Kier alpha value is -1.94. The lowest BCUT2D eigenvalue weighted by Gasteiger charge is -2.03. The summed E-state index contributed by atoms with van der Waals surface area (Å²) in [6.45, 7) is 3.04. The van der Waals surface area contributed by atoms with Gasteiger partial charge in [0.2, 0.25) is 0 Å². The van der Waals surface area contributed by atoms with Crippen molar-refractivity contribution in [3.05, 3.63) is 47.5 Å². The fourth-order valence-electron chi connectivity index (χ4n) is 1.52. The van der Waals surface area contributed by atoms with Crippen LogP contribution in [0.2, 0.25) is 0 Å². The lowest BCUT2D eigenvalue weighted by Crippen LogP contribution is -2.19. The molecule has 0 aliphatic heterocycles. The van der Waals surface area contributed by atoms with Gasteiger partial charge in [-0.15, -0.1) is 0 Å². The predicted molar refractivity (Wildman–Crippen MR) is 69.4 cm³/mol. The highest BCUT2D eigenvalue weighted by molar-refractivity contribution is 6.17. The smallest absolute Gasteiger partial charge is 0.339 e. The number of aliphatic carboxylic acids is 1. The molecule has 96 valence electrons. The Bertz CT molecular complexity index is 438. The number of nitrogens with one attached hydrogen (secondary N) is 1. The largest absolute Gasteiger partial charge is 0.478 e. The van der Waals surface area contributed by atoms with Gasteiger partial charge in [-0.3, -0.25) is 4.79 Å². The number of Topliss-reactive ketones (excluding diaryl/α,β-unsaturated/α-hetero) is 1. The molecule has 4 heteroatoms. The van der Waals surface area contributed by atoms with Gasteiger partial charge in [0.25, 0.3) is 0 Å². The van der Waals surface area contributed by atoms with Gasteiger partial charge in [-0.1, -0.05) is 43.3 Å². The fourth-order valence-corrected chi connectivity index (χ4v) is 1.52. The molecule has 0 amide bonds. The van der Waals surface area contributed by atoms with Gasteiger partial charge < -0.3 is 10.4 Å². The summed E-state index contributed by atoms with van der Waals surface area (Å²) in [4.78, 5) is 22.9. The molecule has 0 spiro atoms. The van der Waals surface area contributed by atoms with Crippen molar-refractivity contribution < 1.29 is 14.7 Å². The molecule has 0 atom stereocenters. The second kappa shape index (κ2) is 7.40. The van der Waals surface area contributed by atoms with Crippen molar-refractivity contribution >= 4 is 11.8 Å². The van der Waals surface area contributed by atoms with Crippen molar-refractivity contribution in [1.29, 1.82) is 0 Å². The van der Waals surface area contributed by atoms with E-state index < -0.39 is 5.97 Å². The summed E-state index contributed by atoms with van der Waals surface area (Å²) < 4.78 is 0. The van der Waals surface area contributed by atoms with E-state index in [-0.39, 0.29) is 17.8 Å². The Morgan fingerprint density at radius 3 is 2.50 bits per heavy atom. The highest BCUT2D eigenvalue weighted by Gasteiger charge is 2.16. The second-order valence-electron chi connectivity index (χ2n) is 3.82. The molecule has 1 rings (SSSR count). The first-order chi connectivity index (χ1) is 8.65. The minimum atomic E-state index is -1.17. The molecule has 0 saturated heterocycles. The number of carbonyl (C=O) groups is 2. The minimum Gasteiger partial charge on any atom is -0.478 e. The zero-order valence-electron chi connectivity index (χ0n) is 10.3. The van der Waals surface area contributed by atoms with Gasteiger partial charge in [0.1, 0.15) is 5.57 Å². The van der Waals surface area contributed by atoms with Crippen LogP contribution in [0.15, 0.2) is 42.0 Å². The van der Waals surface area contributed by atoms with Crippen molar-refractivity contribution in [2.75, 3.05) is 13.1 Å². The molecule has 0 aliphatic rings. The van der Waals surface area contributed by atoms with E-state index in [1.807, 2.05) is 37.3 Å². The van der Waals surface area contributed by atoms with E-state index in [1.165, 1.54) is 6.08 Å². The summed E-state index contributed by atoms with van der Waals surface area (Å²) in [6, 6.07) is 9.12. The highest BCUT2D eigenvalue weighted by Crippen LogP contribution is 2.06. The number of hydrogen-bond donors (Lipinski definition) is 2. The average Bonchev–Trinajstić information content (AvgIpc) is 2.35. The van der Waals surface area contributed by atoms with E-state index in [2.05, 4.69) is 5.32 Å². The SMILES string of the molecule is CCNCC=C(C(=O)O)C(=O)Cc1ccccc1. The Balaban J connectivity index is 2.72. The van der Waals surface area contributed by atoms with Crippen LogP contribution in [0, 0.1) is 0 Å². The summed E-state index contributed by atoms with van der Waals surface area (Å²) in [5.41, 5.74) is 0.665. The molecule has 0 aliphatic carbocycles. The second-order valence-corrected chi connectivity index (χ2v) is 3.82. The molecule has 0 bridgehead atoms. The molecule has 4 nitrogen and oxygen atoms in total. The Morgan fingerprint density at radius 2 is 1.94 bits per heavy atom. The molecule has 1 aromatic rings. The lowest BCUT2D eigenvalue weighted by molar-refractivity contribution is -0.134. The van der Waals surface area contributed by atoms with E-state index >= 15 is 0 Å². The number of rotatable bonds is 7. The molecule has 0 aromatic heterocycles. The quantitative estimate of drug-likeness (QED) is 0.331. The van der Waals surface area contributed by atoms with Gasteiger partial charge in [-0.25, -0.2) is 4.79 Å². The minimum absolute atomic E-state index is 0.116. The summed E-state index contributed by atoms with van der Waals surface area (Å²) in [5, 5.41) is 12.0. The molecule has 1 aromatic carbocycles. The Labute approximate surface area is 106 Å². The number of carboxylic acid groups (broad SMARTS) is 1. The third-order valence-electron chi connectivity index (χ3n) is 2.44. The van der Waals surface area contributed by atoms with Crippen LogP contribution < -0.4 is 5.32 Å². The number of carbonyl (C=O) groups excluding carboxylic acids is 1. The number of benzene rings is 1. The molecule has 0 unspecified atom stereocenters. The van der Waals surface area contributed by atoms with Crippen molar-refractivity contribution in [3.63, 3.8) is 0 Å². The van der Waals surface area contributed by atoms with Crippen LogP contribution in [0.5, 0.6) is 0 Å². The van der Waals surface area contributed by atoms with Crippen LogP contribution in [0.1, 0.15) is 12.5 Å². The normalized spacial score (nSPS) is 11.3. The van der Waals surface area contributed by atoms with Crippen LogP contribution in [0.25, 0.3) is 0 Å². The van der Waals surface area contributed by atoms with Gasteiger partial charge in [-0.2, -0.15) is 0 Å². The van der Waals surface area contributed by atoms with E-state index in [9.17, 15) is 9.59 Å². The van der Waals surface area contributed by atoms with Gasteiger partial charge >= 0.3 is 5.97 Å². The number of ketones is 1. The highest BCUT2D eigenvalue weighted by atomic mass is 16.4. The summed E-state index contributed by atoms with van der Waals surface area (Å²) in [7, 11) is 0. The van der Waals surface area contributed by atoms with Gasteiger partial charge in [0.05, 0.1) is 0 Å². The first kappa shape index (κ1) is 14.1. The van der Waals surface area contributed by atoms with Crippen LogP contribution in [-0.4, -0.2) is 29.9 Å². The number of likely N-dealkylation sites (N-methyl/N-ethyl adjacent to an activating group) is 1. The molecule has 0 radical (unpaired) electrons. The molecule has 0 heterocycles. The summed E-state index contributed by atoms with van der Waals surface area (Å²) >= 11 is 0. The lowest BCUT2D eigenvalue weighted by atomic mass is 10.0. The maximum atomic E-state index is 11.9. The zero-order valence-corrected chi connectivity index (χ0v) is 10.3. The third kappa shape index (κ3) is 4.51. The molecular formula is C14H17NO3. The monoisotopic (exact) mass is 247 g/mol. The van der Waals surface area contributed by atoms with Crippen molar-refractivity contribution in [1.82, 2.24) is 5.32 Å². The first-order valence-electron chi connectivity index (χ1n) is 5.86. The number of hydrogen-bond acceptors (Lipinski definition) is 3. The van der Waals surface area contributed by atoms with Crippen molar-refractivity contribution in [2.45, 2.75) is 13.3 Å². The Morgan fingerprint density at radius 1 is 1.28 bits per heavy atom. The van der Waals surface area contributed by atoms with E-state index in [4.69, 9.17) is 5.11 Å². The molecule has 0 saturated carbocycles. The van der Waals surface area contributed by atoms with Gasteiger partial charge in [-0.05, 0) is 12.1 Å². The van der Waals surface area contributed by atoms with Gasteiger partial charge in [0.15, 0.2) is 5.78 Å².